The van der Waals surface area contributed by atoms with Gasteiger partial charge in [0.25, 0.3) is 10.0 Å². The highest BCUT2D eigenvalue weighted by atomic mass is 35.5. The number of sulfonamides is 1. The molecule has 0 spiro atoms. The molecule has 2 aromatic rings. The molecule has 3 heterocycles. The first-order valence-corrected chi connectivity index (χ1v) is 10.3. The maximum absolute atomic E-state index is 12.9. The van der Waals surface area contributed by atoms with Gasteiger partial charge in [-0.2, -0.15) is 4.31 Å². The second-order valence-electron chi connectivity index (χ2n) is 5.47. The van der Waals surface area contributed by atoms with E-state index in [9.17, 15) is 8.42 Å². The zero-order valence-electron chi connectivity index (χ0n) is 13.1. The van der Waals surface area contributed by atoms with Gasteiger partial charge in [0.2, 0.25) is 0 Å². The van der Waals surface area contributed by atoms with Crippen molar-refractivity contribution in [2.75, 3.05) is 13.1 Å². The van der Waals surface area contributed by atoms with Crippen molar-refractivity contribution in [3.05, 3.63) is 22.5 Å². The van der Waals surface area contributed by atoms with Gasteiger partial charge in [0.15, 0.2) is 0 Å². The second-order valence-corrected chi connectivity index (χ2v) is 9.73. The average Bonchev–Trinajstić information content (AvgIpc) is 3.10. The van der Waals surface area contributed by atoms with Crippen LogP contribution in [0.1, 0.15) is 18.9 Å². The summed E-state index contributed by atoms with van der Waals surface area (Å²) in [5.74, 6) is 0. The molecule has 1 aliphatic rings. The lowest BCUT2D eigenvalue weighted by Gasteiger charge is -2.37. The first kappa shape index (κ1) is 18.8. The average molecular weight is 394 g/mol. The van der Waals surface area contributed by atoms with Crippen LogP contribution in [0.3, 0.4) is 0 Å². The molecule has 9 heteroatoms. The Balaban J connectivity index is 0.00000192. The van der Waals surface area contributed by atoms with E-state index in [1.165, 1.54) is 11.3 Å². The van der Waals surface area contributed by atoms with Gasteiger partial charge in [0.1, 0.15) is 4.21 Å². The fourth-order valence-electron chi connectivity index (χ4n) is 2.55. The molecule has 0 radical (unpaired) electrons. The number of aryl methyl sites for hydroxylation is 1. The van der Waals surface area contributed by atoms with Gasteiger partial charge in [0, 0.05) is 30.6 Å². The Morgan fingerprint density at radius 2 is 2.09 bits per heavy atom. The van der Waals surface area contributed by atoms with Crippen LogP contribution in [0, 0.1) is 6.92 Å². The van der Waals surface area contributed by atoms with Crippen LogP contribution in [0.5, 0.6) is 0 Å². The van der Waals surface area contributed by atoms with E-state index in [-0.39, 0.29) is 24.5 Å². The smallest absolute Gasteiger partial charge is 0.252 e. The van der Waals surface area contributed by atoms with Crippen molar-refractivity contribution in [2.45, 2.75) is 37.1 Å². The van der Waals surface area contributed by atoms with E-state index in [0.717, 1.165) is 15.6 Å². The normalized spacial score (nSPS) is 22.7. The van der Waals surface area contributed by atoms with E-state index in [4.69, 9.17) is 0 Å². The molecule has 0 aliphatic carbocycles. The topological polar surface area (TPSA) is 62.3 Å². The van der Waals surface area contributed by atoms with Crippen molar-refractivity contribution >= 4 is 45.1 Å². The molecule has 3 rings (SSSR count). The molecule has 2 atom stereocenters. The third kappa shape index (κ3) is 3.62. The van der Waals surface area contributed by atoms with Gasteiger partial charge in [-0.1, -0.05) is 0 Å². The van der Waals surface area contributed by atoms with Gasteiger partial charge in [0.05, 0.1) is 15.6 Å². The Kier molecular flexibility index (Phi) is 5.86. The number of hydrogen-bond acceptors (Lipinski definition) is 6. The maximum atomic E-state index is 12.9. The summed E-state index contributed by atoms with van der Waals surface area (Å²) in [7, 11) is -3.44. The monoisotopic (exact) mass is 393 g/mol. The molecule has 128 valence electrons. The molecule has 1 aliphatic heterocycles. The number of nitrogens with zero attached hydrogens (tertiary/aromatic N) is 2. The fraction of sp³-hybridized carbons (Fsp3) is 0.500. The number of thiazole rings is 1. The summed E-state index contributed by atoms with van der Waals surface area (Å²) in [5, 5.41) is 6.26. The molecule has 2 aromatic heterocycles. The molecule has 23 heavy (non-hydrogen) atoms. The standard InChI is InChI=1S/C14H19N3O2S3.ClH/c1-9-10(2)17(7-6-15-9)22(18,19)14-5-4-13(21-14)12-8-20-11(3)16-12;/h4-5,8-10,15H,6-7H2,1-3H3;1H. The molecular formula is C14H20ClN3O2S3. The Morgan fingerprint density at radius 3 is 2.74 bits per heavy atom. The van der Waals surface area contributed by atoms with E-state index in [2.05, 4.69) is 10.3 Å². The number of thiophene rings is 1. The van der Waals surface area contributed by atoms with Crippen molar-refractivity contribution in [3.63, 3.8) is 0 Å². The predicted molar refractivity (Wildman–Crippen MR) is 98.2 cm³/mol. The summed E-state index contributed by atoms with van der Waals surface area (Å²) in [6.07, 6.45) is 0. The maximum Gasteiger partial charge on any atom is 0.252 e. The van der Waals surface area contributed by atoms with Gasteiger partial charge in [-0.05, 0) is 32.9 Å². The molecule has 0 aromatic carbocycles. The van der Waals surface area contributed by atoms with Crippen LogP contribution >= 0.6 is 35.1 Å². The van der Waals surface area contributed by atoms with Gasteiger partial charge >= 0.3 is 0 Å². The Labute approximate surface area is 151 Å². The fourth-order valence-corrected chi connectivity index (χ4v) is 6.34. The van der Waals surface area contributed by atoms with Gasteiger partial charge in [-0.15, -0.1) is 35.1 Å². The molecule has 5 nitrogen and oxygen atoms in total. The van der Waals surface area contributed by atoms with Gasteiger partial charge in [-0.3, -0.25) is 0 Å². The number of rotatable bonds is 3. The Hall–Kier alpha value is -0.510. The number of aromatic nitrogens is 1. The minimum absolute atomic E-state index is 0. The summed E-state index contributed by atoms with van der Waals surface area (Å²) in [6, 6.07) is 3.65. The molecule has 0 amide bonds. The van der Waals surface area contributed by atoms with Crippen LogP contribution in [0.15, 0.2) is 21.7 Å². The van der Waals surface area contributed by atoms with E-state index in [0.29, 0.717) is 17.3 Å². The van der Waals surface area contributed by atoms with Crippen LogP contribution in [0.2, 0.25) is 0 Å². The van der Waals surface area contributed by atoms with Gasteiger partial charge < -0.3 is 5.32 Å². The summed E-state index contributed by atoms with van der Waals surface area (Å²) in [4.78, 5) is 5.33. The van der Waals surface area contributed by atoms with Crippen molar-refractivity contribution in [1.82, 2.24) is 14.6 Å². The van der Waals surface area contributed by atoms with Crippen molar-refractivity contribution in [3.8, 4) is 10.6 Å². The van der Waals surface area contributed by atoms with E-state index < -0.39 is 10.0 Å². The SMILES string of the molecule is Cc1nc(-c2ccc(S(=O)(=O)N3CCNC(C)C3C)s2)cs1.Cl. The highest BCUT2D eigenvalue weighted by Gasteiger charge is 2.35. The summed E-state index contributed by atoms with van der Waals surface area (Å²) >= 11 is 2.87. The van der Waals surface area contributed by atoms with E-state index in [1.54, 1.807) is 21.7 Å². The summed E-state index contributed by atoms with van der Waals surface area (Å²) in [5.41, 5.74) is 0.857. The number of halogens is 1. The lowest BCUT2D eigenvalue weighted by atomic mass is 10.1. The molecule has 1 saturated heterocycles. The number of nitrogens with one attached hydrogen (secondary N) is 1. The van der Waals surface area contributed by atoms with Gasteiger partial charge in [-0.25, -0.2) is 13.4 Å². The Morgan fingerprint density at radius 1 is 1.35 bits per heavy atom. The number of hydrogen-bond donors (Lipinski definition) is 1. The third-order valence-corrected chi connectivity index (χ3v) is 8.33. The first-order valence-electron chi connectivity index (χ1n) is 7.17. The quantitative estimate of drug-likeness (QED) is 0.870. The molecule has 1 N–H and O–H groups in total. The van der Waals surface area contributed by atoms with Crippen LogP contribution in [0.25, 0.3) is 10.6 Å². The van der Waals surface area contributed by atoms with Crippen LogP contribution in [-0.2, 0) is 10.0 Å². The van der Waals surface area contributed by atoms with E-state index in [1.807, 2.05) is 32.2 Å². The van der Waals surface area contributed by atoms with E-state index >= 15 is 0 Å². The molecule has 0 saturated carbocycles. The predicted octanol–water partition coefficient (Wildman–Crippen LogP) is 2.97. The second kappa shape index (κ2) is 7.16. The molecule has 1 fully saturated rings. The zero-order chi connectivity index (χ0) is 15.9. The molecule has 0 bridgehead atoms. The molecule has 2 unspecified atom stereocenters. The lowest BCUT2D eigenvalue weighted by molar-refractivity contribution is 0.233. The highest BCUT2D eigenvalue weighted by molar-refractivity contribution is 7.91. The summed E-state index contributed by atoms with van der Waals surface area (Å²) < 4.78 is 27.8. The summed E-state index contributed by atoms with van der Waals surface area (Å²) in [6.45, 7) is 7.12. The van der Waals surface area contributed by atoms with Crippen LogP contribution < -0.4 is 5.32 Å². The van der Waals surface area contributed by atoms with Crippen molar-refractivity contribution < 1.29 is 8.42 Å². The largest absolute Gasteiger partial charge is 0.311 e. The first-order chi connectivity index (χ1) is 10.4. The molecular weight excluding hydrogens is 374 g/mol. The highest BCUT2D eigenvalue weighted by Crippen LogP contribution is 2.33. The minimum Gasteiger partial charge on any atom is -0.311 e. The lowest BCUT2D eigenvalue weighted by Crippen LogP contribution is -2.56. The number of piperazine rings is 1. The Bertz CT molecular complexity index is 772. The van der Waals surface area contributed by atoms with Crippen molar-refractivity contribution in [2.24, 2.45) is 0 Å². The van der Waals surface area contributed by atoms with Crippen LogP contribution in [0.4, 0.5) is 0 Å². The van der Waals surface area contributed by atoms with Crippen molar-refractivity contribution in [1.29, 1.82) is 0 Å². The zero-order valence-corrected chi connectivity index (χ0v) is 16.4. The third-order valence-electron chi connectivity index (χ3n) is 3.99. The van der Waals surface area contributed by atoms with Crippen LogP contribution in [-0.4, -0.2) is 42.9 Å². The minimum atomic E-state index is -3.44.